The van der Waals surface area contributed by atoms with Crippen molar-refractivity contribution in [3.8, 4) is 0 Å². The molecule has 0 aliphatic carbocycles. The average molecular weight is 1200 g/mol. The van der Waals surface area contributed by atoms with Crippen LogP contribution in [0.3, 0.4) is 0 Å². The van der Waals surface area contributed by atoms with Crippen LogP contribution in [0.1, 0.15) is 348 Å². The van der Waals surface area contributed by atoms with E-state index in [1.807, 2.05) is 6.08 Å². The number of rotatable bonds is 63. The molecule has 1 aliphatic heterocycles. The molecule has 8 unspecified atom stereocenters. The van der Waals surface area contributed by atoms with Gasteiger partial charge in [0.2, 0.25) is 5.91 Å². The molecule has 85 heavy (non-hydrogen) atoms. The Labute approximate surface area is 523 Å². The van der Waals surface area contributed by atoms with Gasteiger partial charge in [-0.15, -0.1) is 0 Å². The molecule has 1 rings (SSSR count). The minimum absolute atomic E-state index is 0.117. The van der Waals surface area contributed by atoms with E-state index in [2.05, 4.69) is 62.5 Å². The van der Waals surface area contributed by atoms with E-state index in [4.69, 9.17) is 14.2 Å². The first-order chi connectivity index (χ1) is 41.7. The molecule has 1 heterocycles. The maximum absolute atomic E-state index is 13.5. The van der Waals surface area contributed by atoms with Crippen LogP contribution in [0.25, 0.3) is 0 Å². The van der Waals surface area contributed by atoms with E-state index < -0.39 is 67.4 Å². The molecule has 0 aromatic rings. The number of esters is 1. The molecule has 0 radical (unpaired) electrons. The molecule has 0 aromatic carbocycles. The predicted octanol–water partition coefficient (Wildman–Crippen LogP) is 18.7. The summed E-state index contributed by atoms with van der Waals surface area (Å²) in [6.07, 6.45) is 67.2. The van der Waals surface area contributed by atoms with Crippen LogP contribution in [0.4, 0.5) is 0 Å². The van der Waals surface area contributed by atoms with Crippen LogP contribution in [-0.4, -0.2) is 99.6 Å². The van der Waals surface area contributed by atoms with Gasteiger partial charge in [0.15, 0.2) is 12.4 Å². The highest BCUT2D eigenvalue weighted by Crippen LogP contribution is 2.26. The van der Waals surface area contributed by atoms with Crippen molar-refractivity contribution >= 4 is 11.9 Å². The number of aliphatic hydroxyl groups excluding tert-OH is 5. The van der Waals surface area contributed by atoms with Crippen LogP contribution in [0.2, 0.25) is 0 Å². The first-order valence-electron chi connectivity index (χ1n) is 36.4. The Balaban J connectivity index is 2.58. The molecule has 0 aromatic heterocycles. The number of ether oxygens (including phenoxy) is 3. The average Bonchev–Trinajstić information content (AvgIpc) is 2.48. The summed E-state index contributed by atoms with van der Waals surface area (Å²) >= 11 is 0. The summed E-state index contributed by atoms with van der Waals surface area (Å²) in [5.41, 5.74) is 0. The number of aliphatic hydroxyl groups is 5. The summed E-state index contributed by atoms with van der Waals surface area (Å²) in [4.78, 5) is 26.7. The van der Waals surface area contributed by atoms with E-state index in [9.17, 15) is 35.1 Å². The Kier molecular flexibility index (Phi) is 58.7. The van der Waals surface area contributed by atoms with Crippen LogP contribution in [0.5, 0.6) is 0 Å². The fraction of sp³-hybridized carbons (Fsp3) is 0.865. The van der Waals surface area contributed by atoms with E-state index in [0.717, 1.165) is 83.5 Å². The van der Waals surface area contributed by atoms with E-state index in [1.54, 1.807) is 6.08 Å². The summed E-state index contributed by atoms with van der Waals surface area (Å²) in [6.45, 7) is 5.82. The van der Waals surface area contributed by atoms with E-state index in [1.165, 1.54) is 218 Å². The Morgan fingerprint density at radius 2 is 0.812 bits per heavy atom. The molecule has 1 saturated heterocycles. The van der Waals surface area contributed by atoms with Gasteiger partial charge in [0.1, 0.15) is 24.4 Å². The first-order valence-corrected chi connectivity index (χ1v) is 36.4. The number of nitrogens with one attached hydrogen (secondary N) is 1. The summed E-state index contributed by atoms with van der Waals surface area (Å²) in [5, 5.41) is 57.3. The summed E-state index contributed by atoms with van der Waals surface area (Å²) in [5.74, 6) is -1.19. The van der Waals surface area contributed by atoms with Gasteiger partial charge < -0.3 is 45.1 Å². The molecule has 498 valence electrons. The lowest BCUT2D eigenvalue weighted by Gasteiger charge is -2.41. The molecular weight excluding hydrogens is 1060 g/mol. The monoisotopic (exact) mass is 1200 g/mol. The normalized spacial score (nSPS) is 18.6. The Bertz CT molecular complexity index is 1570. The molecule has 0 spiro atoms. The molecule has 1 amide bonds. The second kappa shape index (κ2) is 61.8. The van der Waals surface area contributed by atoms with Gasteiger partial charge in [-0.1, -0.05) is 326 Å². The highest BCUT2D eigenvalue weighted by molar-refractivity contribution is 5.80. The summed E-state index contributed by atoms with van der Waals surface area (Å²) in [6, 6.07) is -1.02. The quantitative estimate of drug-likeness (QED) is 0.0195. The van der Waals surface area contributed by atoms with Crippen molar-refractivity contribution in [3.63, 3.8) is 0 Å². The SMILES string of the molecule is CCCCC/C=C\C/C=C\C/C=C\CCCCCCCCCCC(=O)OC1C(OCC(NC(=O)C(O)CCCCCCCCCCCCCCCCCCCCCCCC)C(O)/C=C/CCCCCCCCCCCCC)OC(CO)C(O)C1O. The van der Waals surface area contributed by atoms with Crippen LogP contribution in [-0.2, 0) is 23.8 Å². The van der Waals surface area contributed by atoms with Gasteiger partial charge in [-0.05, 0) is 64.2 Å². The van der Waals surface area contributed by atoms with E-state index in [-0.39, 0.29) is 13.0 Å². The number of hydrogen-bond acceptors (Lipinski definition) is 10. The van der Waals surface area contributed by atoms with Crippen molar-refractivity contribution in [1.82, 2.24) is 5.32 Å². The summed E-state index contributed by atoms with van der Waals surface area (Å²) < 4.78 is 17.7. The highest BCUT2D eigenvalue weighted by atomic mass is 16.7. The lowest BCUT2D eigenvalue weighted by atomic mass is 9.99. The maximum atomic E-state index is 13.5. The van der Waals surface area contributed by atoms with Crippen LogP contribution in [0, 0.1) is 0 Å². The molecule has 6 N–H and O–H groups in total. The van der Waals surface area contributed by atoms with Gasteiger partial charge in [0.25, 0.3) is 0 Å². The van der Waals surface area contributed by atoms with E-state index in [0.29, 0.717) is 19.3 Å². The smallest absolute Gasteiger partial charge is 0.306 e. The minimum atomic E-state index is -1.62. The Hall–Kier alpha value is -2.38. The lowest BCUT2D eigenvalue weighted by Crippen LogP contribution is -2.61. The number of amides is 1. The third-order valence-corrected chi connectivity index (χ3v) is 17.2. The van der Waals surface area contributed by atoms with Crippen molar-refractivity contribution in [2.75, 3.05) is 13.2 Å². The van der Waals surface area contributed by atoms with Gasteiger partial charge in [0, 0.05) is 6.42 Å². The second-order valence-corrected chi connectivity index (χ2v) is 25.3. The van der Waals surface area contributed by atoms with E-state index >= 15 is 0 Å². The zero-order valence-electron chi connectivity index (χ0n) is 55.5. The maximum Gasteiger partial charge on any atom is 0.306 e. The van der Waals surface area contributed by atoms with Gasteiger partial charge >= 0.3 is 5.97 Å². The highest BCUT2D eigenvalue weighted by Gasteiger charge is 2.47. The largest absolute Gasteiger partial charge is 0.454 e. The molecule has 11 nitrogen and oxygen atoms in total. The van der Waals surface area contributed by atoms with Crippen molar-refractivity contribution in [2.45, 2.75) is 397 Å². The second-order valence-electron chi connectivity index (χ2n) is 25.3. The Morgan fingerprint density at radius 1 is 0.459 bits per heavy atom. The van der Waals surface area contributed by atoms with Gasteiger partial charge in [-0.3, -0.25) is 9.59 Å². The Morgan fingerprint density at radius 3 is 1.24 bits per heavy atom. The third kappa shape index (κ3) is 49.1. The fourth-order valence-electron chi connectivity index (χ4n) is 11.5. The van der Waals surface area contributed by atoms with Crippen molar-refractivity contribution in [3.05, 3.63) is 48.6 Å². The van der Waals surface area contributed by atoms with Gasteiger partial charge in [-0.2, -0.15) is 0 Å². The summed E-state index contributed by atoms with van der Waals surface area (Å²) in [7, 11) is 0. The number of hydrogen-bond donors (Lipinski definition) is 6. The first kappa shape index (κ1) is 80.6. The van der Waals surface area contributed by atoms with Crippen LogP contribution >= 0.6 is 0 Å². The number of unbranched alkanes of at least 4 members (excludes halogenated alkanes) is 43. The molecule has 8 atom stereocenters. The minimum Gasteiger partial charge on any atom is -0.454 e. The molecule has 0 bridgehead atoms. The molecule has 1 aliphatic rings. The zero-order valence-corrected chi connectivity index (χ0v) is 55.5. The molecule has 1 fully saturated rings. The van der Waals surface area contributed by atoms with Crippen molar-refractivity contribution in [2.24, 2.45) is 0 Å². The fourth-order valence-corrected chi connectivity index (χ4v) is 11.5. The van der Waals surface area contributed by atoms with Crippen molar-refractivity contribution in [1.29, 1.82) is 0 Å². The van der Waals surface area contributed by atoms with Gasteiger partial charge in [0.05, 0.1) is 25.4 Å². The predicted molar refractivity (Wildman–Crippen MR) is 357 cm³/mol. The van der Waals surface area contributed by atoms with Crippen LogP contribution < -0.4 is 5.32 Å². The zero-order chi connectivity index (χ0) is 61.7. The van der Waals surface area contributed by atoms with Crippen LogP contribution in [0.15, 0.2) is 48.6 Å². The lowest BCUT2D eigenvalue weighted by molar-refractivity contribution is -0.305. The standard InChI is InChI=1S/C74H137NO10/c1-4-7-10-13-16-19-22-25-27-29-31-33-35-36-38-40-43-46-49-52-55-58-61-67(78)73(82)75-65(66(77)60-57-54-51-48-45-42-24-21-18-15-12-9-6-3)64-83-74-72(71(81)70(80)68(63-76)84-74)85-69(79)62-59-56-53-50-47-44-41-39-37-34-32-30-28-26-23-20-17-14-11-8-5-2/h17,20,26,28,32,34,57,60,65-68,70-72,74,76-78,80-81H,4-16,18-19,21-25,27,29-31,33,35-56,58-59,61-64H2,1-3H3,(H,75,82)/b20-17-,28-26-,34-32-,60-57+. The number of carbonyl (C=O) groups excluding carboxylic acids is 2. The number of allylic oxidation sites excluding steroid dienone is 7. The van der Waals surface area contributed by atoms with Crippen molar-refractivity contribution < 1.29 is 49.3 Å². The topological polar surface area (TPSA) is 175 Å². The third-order valence-electron chi connectivity index (χ3n) is 17.2. The molecular formula is C74H137NO10. The molecule has 11 heteroatoms. The van der Waals surface area contributed by atoms with Gasteiger partial charge in [-0.25, -0.2) is 0 Å². The number of carbonyl (C=O) groups is 2. The molecule has 0 saturated carbocycles.